The molecule has 0 aliphatic heterocycles. The first-order valence-corrected chi connectivity index (χ1v) is 4.50. The van der Waals surface area contributed by atoms with Gasteiger partial charge in [-0.15, -0.1) is 0 Å². The monoisotopic (exact) mass is 188 g/mol. The summed E-state index contributed by atoms with van der Waals surface area (Å²) in [5.74, 6) is 0.480. The summed E-state index contributed by atoms with van der Waals surface area (Å²) >= 11 is 0. The fourth-order valence-electron chi connectivity index (χ4n) is 1.41. The molecular weight excluding hydrogens is 176 g/mol. The van der Waals surface area contributed by atoms with Gasteiger partial charge in [-0.1, -0.05) is 29.4 Å². The zero-order chi connectivity index (χ0) is 9.97. The summed E-state index contributed by atoms with van der Waals surface area (Å²) < 4.78 is 4.78. The predicted octanol–water partition coefficient (Wildman–Crippen LogP) is 2.16. The summed E-state index contributed by atoms with van der Waals surface area (Å²) in [5.41, 5.74) is 9.09. The molecule has 3 heteroatoms. The zero-order valence-electron chi connectivity index (χ0n) is 8.03. The molecule has 0 spiro atoms. The molecule has 0 aliphatic carbocycles. The van der Waals surface area contributed by atoms with Crippen molar-refractivity contribution < 1.29 is 4.52 Å². The third-order valence-electron chi connectivity index (χ3n) is 2.32. The number of rotatable bonds is 2. The van der Waals surface area contributed by atoms with Gasteiger partial charge in [-0.3, -0.25) is 0 Å². The molecule has 14 heavy (non-hydrogen) atoms. The molecule has 1 aromatic heterocycles. The first-order chi connectivity index (χ1) is 6.77. The van der Waals surface area contributed by atoms with Crippen molar-refractivity contribution in [1.82, 2.24) is 5.16 Å². The van der Waals surface area contributed by atoms with Crippen LogP contribution in [0.1, 0.15) is 16.7 Å². The molecule has 0 fully saturated rings. The van der Waals surface area contributed by atoms with E-state index in [0.717, 1.165) is 12.0 Å². The van der Waals surface area contributed by atoms with Crippen LogP contribution in [0.15, 0.2) is 35.1 Å². The van der Waals surface area contributed by atoms with Crippen molar-refractivity contribution in [1.29, 1.82) is 0 Å². The number of nitrogens with zero attached hydrogens (tertiary/aromatic N) is 1. The van der Waals surface area contributed by atoms with Crippen molar-refractivity contribution in [2.24, 2.45) is 0 Å². The number of hydrogen-bond acceptors (Lipinski definition) is 3. The lowest BCUT2D eigenvalue weighted by atomic mass is 10.0. The van der Waals surface area contributed by atoms with E-state index in [0.29, 0.717) is 5.82 Å². The van der Waals surface area contributed by atoms with Crippen molar-refractivity contribution in [2.45, 2.75) is 13.3 Å². The molecule has 0 amide bonds. The van der Waals surface area contributed by atoms with Crippen LogP contribution >= 0.6 is 0 Å². The predicted molar refractivity (Wildman–Crippen MR) is 54.9 cm³/mol. The Morgan fingerprint density at radius 2 is 2.07 bits per heavy atom. The summed E-state index contributed by atoms with van der Waals surface area (Å²) in [4.78, 5) is 0. The highest BCUT2D eigenvalue weighted by molar-refractivity contribution is 5.41. The van der Waals surface area contributed by atoms with E-state index in [2.05, 4.69) is 24.2 Å². The summed E-state index contributed by atoms with van der Waals surface area (Å²) in [5, 5.41) is 3.65. The summed E-state index contributed by atoms with van der Waals surface area (Å²) in [7, 11) is 0. The van der Waals surface area contributed by atoms with E-state index >= 15 is 0 Å². The van der Waals surface area contributed by atoms with Gasteiger partial charge in [0.1, 0.15) is 6.26 Å². The Labute approximate surface area is 82.5 Å². The smallest absolute Gasteiger partial charge is 0.170 e. The minimum absolute atomic E-state index is 0.480. The third-order valence-corrected chi connectivity index (χ3v) is 2.32. The Bertz CT molecular complexity index is 434. The molecule has 2 aromatic rings. The SMILES string of the molecule is Cc1ccccc1Cc1conc1N. The van der Waals surface area contributed by atoms with Crippen LogP contribution in [-0.4, -0.2) is 5.16 Å². The zero-order valence-corrected chi connectivity index (χ0v) is 8.03. The van der Waals surface area contributed by atoms with E-state index < -0.39 is 0 Å². The summed E-state index contributed by atoms with van der Waals surface area (Å²) in [6.07, 6.45) is 2.38. The van der Waals surface area contributed by atoms with E-state index in [1.165, 1.54) is 11.1 Å². The van der Waals surface area contributed by atoms with Gasteiger partial charge in [0.15, 0.2) is 5.82 Å². The lowest BCUT2D eigenvalue weighted by Gasteiger charge is -2.02. The van der Waals surface area contributed by atoms with Gasteiger partial charge in [-0.05, 0) is 18.1 Å². The molecule has 1 heterocycles. The second-order valence-electron chi connectivity index (χ2n) is 3.33. The number of benzene rings is 1. The lowest BCUT2D eigenvalue weighted by molar-refractivity contribution is 0.422. The van der Waals surface area contributed by atoms with Crippen molar-refractivity contribution >= 4 is 5.82 Å². The van der Waals surface area contributed by atoms with Crippen molar-refractivity contribution in [3.8, 4) is 0 Å². The van der Waals surface area contributed by atoms with Crippen LogP contribution in [0.4, 0.5) is 5.82 Å². The molecule has 2 rings (SSSR count). The number of hydrogen-bond donors (Lipinski definition) is 1. The highest BCUT2D eigenvalue weighted by Crippen LogP contribution is 2.17. The normalized spacial score (nSPS) is 10.4. The molecule has 3 nitrogen and oxygen atoms in total. The maximum Gasteiger partial charge on any atom is 0.170 e. The van der Waals surface area contributed by atoms with Gasteiger partial charge in [0.2, 0.25) is 0 Å². The molecule has 0 atom stereocenters. The fraction of sp³-hybridized carbons (Fsp3) is 0.182. The molecule has 0 saturated carbocycles. The minimum Gasteiger partial charge on any atom is -0.381 e. The van der Waals surface area contributed by atoms with Crippen LogP contribution in [-0.2, 0) is 6.42 Å². The van der Waals surface area contributed by atoms with E-state index in [9.17, 15) is 0 Å². The number of aryl methyl sites for hydroxylation is 1. The molecular formula is C11H12N2O. The van der Waals surface area contributed by atoms with Gasteiger partial charge >= 0.3 is 0 Å². The second-order valence-corrected chi connectivity index (χ2v) is 3.33. The largest absolute Gasteiger partial charge is 0.381 e. The van der Waals surface area contributed by atoms with E-state index in [1.54, 1.807) is 6.26 Å². The highest BCUT2D eigenvalue weighted by atomic mass is 16.5. The summed E-state index contributed by atoms with van der Waals surface area (Å²) in [6, 6.07) is 8.21. The van der Waals surface area contributed by atoms with Crippen molar-refractivity contribution in [3.63, 3.8) is 0 Å². The summed E-state index contributed by atoms with van der Waals surface area (Å²) in [6.45, 7) is 2.08. The molecule has 0 unspecified atom stereocenters. The second kappa shape index (κ2) is 3.54. The highest BCUT2D eigenvalue weighted by Gasteiger charge is 2.05. The first-order valence-electron chi connectivity index (χ1n) is 4.50. The number of nitrogen functional groups attached to an aromatic ring is 1. The van der Waals surface area contributed by atoms with Crippen LogP contribution in [0.2, 0.25) is 0 Å². The minimum atomic E-state index is 0.480. The molecule has 1 aromatic carbocycles. The molecule has 0 saturated heterocycles. The molecule has 2 N–H and O–H groups in total. The Morgan fingerprint density at radius 3 is 2.71 bits per heavy atom. The van der Waals surface area contributed by atoms with Crippen LogP contribution < -0.4 is 5.73 Å². The maximum atomic E-state index is 5.63. The standard InChI is InChI=1S/C11H12N2O/c1-8-4-2-3-5-9(8)6-10-7-14-13-11(10)12/h2-5,7H,6H2,1H3,(H2,12,13). The number of aromatic nitrogens is 1. The van der Waals surface area contributed by atoms with Gasteiger partial charge in [0, 0.05) is 12.0 Å². The van der Waals surface area contributed by atoms with Crippen molar-refractivity contribution in [2.75, 3.05) is 5.73 Å². The van der Waals surface area contributed by atoms with Crippen LogP contribution in [0.3, 0.4) is 0 Å². The Kier molecular flexibility index (Phi) is 2.23. The van der Waals surface area contributed by atoms with Crippen LogP contribution in [0.25, 0.3) is 0 Å². The van der Waals surface area contributed by atoms with Gasteiger partial charge < -0.3 is 10.3 Å². The van der Waals surface area contributed by atoms with Crippen LogP contribution in [0.5, 0.6) is 0 Å². The molecule has 0 aliphatic rings. The average Bonchev–Trinajstić information content (AvgIpc) is 2.56. The Balaban J connectivity index is 2.28. The Morgan fingerprint density at radius 1 is 1.29 bits per heavy atom. The van der Waals surface area contributed by atoms with E-state index in [4.69, 9.17) is 10.3 Å². The molecule has 72 valence electrons. The Hall–Kier alpha value is -1.77. The maximum absolute atomic E-state index is 5.63. The topological polar surface area (TPSA) is 52.0 Å². The van der Waals surface area contributed by atoms with Crippen LogP contribution in [0, 0.1) is 6.92 Å². The number of anilines is 1. The average molecular weight is 188 g/mol. The lowest BCUT2D eigenvalue weighted by Crippen LogP contribution is -1.94. The molecule has 0 bridgehead atoms. The van der Waals surface area contributed by atoms with Gasteiger partial charge in [-0.25, -0.2) is 0 Å². The first kappa shape index (κ1) is 8.81. The fourth-order valence-corrected chi connectivity index (χ4v) is 1.41. The van der Waals surface area contributed by atoms with Gasteiger partial charge in [0.25, 0.3) is 0 Å². The quantitative estimate of drug-likeness (QED) is 0.785. The van der Waals surface area contributed by atoms with Gasteiger partial charge in [-0.2, -0.15) is 0 Å². The van der Waals surface area contributed by atoms with E-state index in [-0.39, 0.29) is 0 Å². The third kappa shape index (κ3) is 1.62. The molecule has 0 radical (unpaired) electrons. The van der Waals surface area contributed by atoms with Gasteiger partial charge in [0.05, 0.1) is 0 Å². The van der Waals surface area contributed by atoms with E-state index in [1.807, 2.05) is 12.1 Å². The van der Waals surface area contributed by atoms with Crippen molar-refractivity contribution in [3.05, 3.63) is 47.2 Å². The number of nitrogens with two attached hydrogens (primary N) is 1.